The van der Waals surface area contributed by atoms with Gasteiger partial charge in [-0.2, -0.15) is 0 Å². The second kappa shape index (κ2) is 5.04. The molecule has 2 rings (SSSR count). The molecule has 0 radical (unpaired) electrons. The van der Waals surface area contributed by atoms with Crippen LogP contribution in [0.25, 0.3) is 5.70 Å². The van der Waals surface area contributed by atoms with Crippen LogP contribution in [0, 0.1) is 5.92 Å². The SMILES string of the molecule is CC(C)C1C(=O)NC(c2ccccc2)=CN1C=O. The number of hydrogen-bond donors (Lipinski definition) is 1. The molecule has 1 aromatic rings. The van der Waals surface area contributed by atoms with Gasteiger partial charge in [0.15, 0.2) is 0 Å². The van der Waals surface area contributed by atoms with Crippen LogP contribution in [0.2, 0.25) is 0 Å². The lowest BCUT2D eigenvalue weighted by Gasteiger charge is -2.32. The van der Waals surface area contributed by atoms with Crippen molar-refractivity contribution in [3.8, 4) is 0 Å². The van der Waals surface area contributed by atoms with Gasteiger partial charge in [0.2, 0.25) is 12.3 Å². The molecule has 4 nitrogen and oxygen atoms in total. The molecule has 2 amide bonds. The Balaban J connectivity index is 2.36. The summed E-state index contributed by atoms with van der Waals surface area (Å²) in [7, 11) is 0. The van der Waals surface area contributed by atoms with E-state index < -0.39 is 6.04 Å². The summed E-state index contributed by atoms with van der Waals surface area (Å²) in [6.45, 7) is 3.84. The van der Waals surface area contributed by atoms with Crippen molar-refractivity contribution in [2.75, 3.05) is 0 Å². The van der Waals surface area contributed by atoms with Gasteiger partial charge in [0.05, 0.1) is 5.70 Å². The topological polar surface area (TPSA) is 49.4 Å². The van der Waals surface area contributed by atoms with Gasteiger partial charge in [0.1, 0.15) is 6.04 Å². The Morgan fingerprint density at radius 2 is 1.94 bits per heavy atom. The summed E-state index contributed by atoms with van der Waals surface area (Å²) in [5, 5.41) is 2.85. The standard InChI is InChI=1S/C14H16N2O2/c1-10(2)13-14(18)15-12(8-16(13)9-17)11-6-4-3-5-7-11/h3-10,13H,1-2H3,(H,15,18). The predicted molar refractivity (Wildman–Crippen MR) is 69.1 cm³/mol. The minimum absolute atomic E-state index is 0.0729. The van der Waals surface area contributed by atoms with E-state index >= 15 is 0 Å². The normalized spacial score (nSPS) is 19.5. The summed E-state index contributed by atoms with van der Waals surface area (Å²) in [5.41, 5.74) is 1.55. The molecule has 1 unspecified atom stereocenters. The molecule has 1 aliphatic rings. The Bertz CT molecular complexity index is 480. The van der Waals surface area contributed by atoms with Crippen LogP contribution in [0.3, 0.4) is 0 Å². The van der Waals surface area contributed by atoms with Gasteiger partial charge in [-0.15, -0.1) is 0 Å². The third kappa shape index (κ3) is 2.27. The van der Waals surface area contributed by atoms with Crippen molar-refractivity contribution in [1.82, 2.24) is 10.2 Å². The zero-order chi connectivity index (χ0) is 13.1. The molecule has 4 heteroatoms. The average Bonchev–Trinajstić information content (AvgIpc) is 2.38. The second-order valence-electron chi connectivity index (χ2n) is 4.64. The predicted octanol–water partition coefficient (Wildman–Crippen LogP) is 1.60. The molecule has 0 fully saturated rings. The highest BCUT2D eigenvalue weighted by atomic mass is 16.2. The van der Waals surface area contributed by atoms with Gasteiger partial charge in [-0.3, -0.25) is 9.59 Å². The Hall–Kier alpha value is -2.10. The number of nitrogens with one attached hydrogen (secondary N) is 1. The molecule has 1 heterocycles. The Morgan fingerprint density at radius 3 is 2.50 bits per heavy atom. The number of rotatable bonds is 3. The van der Waals surface area contributed by atoms with Crippen LogP contribution in [0.5, 0.6) is 0 Å². The molecule has 0 bridgehead atoms. The van der Waals surface area contributed by atoms with E-state index in [0.717, 1.165) is 5.56 Å². The highest BCUT2D eigenvalue weighted by molar-refractivity contribution is 5.94. The maximum absolute atomic E-state index is 12.0. The molecular formula is C14H16N2O2. The van der Waals surface area contributed by atoms with Gasteiger partial charge in [-0.1, -0.05) is 44.2 Å². The molecule has 18 heavy (non-hydrogen) atoms. The molecule has 1 atom stereocenters. The number of amides is 2. The lowest BCUT2D eigenvalue weighted by molar-refractivity contribution is -0.132. The Kier molecular flexibility index (Phi) is 3.46. The van der Waals surface area contributed by atoms with E-state index in [9.17, 15) is 9.59 Å². The first-order valence-electron chi connectivity index (χ1n) is 5.94. The molecule has 0 aromatic heterocycles. The summed E-state index contributed by atoms with van der Waals surface area (Å²) in [4.78, 5) is 24.6. The zero-order valence-electron chi connectivity index (χ0n) is 10.5. The third-order valence-electron chi connectivity index (χ3n) is 2.96. The highest BCUT2D eigenvalue weighted by Crippen LogP contribution is 2.21. The number of carbonyl (C=O) groups is 2. The largest absolute Gasteiger partial charge is 0.322 e. The number of benzene rings is 1. The molecule has 0 spiro atoms. The van der Waals surface area contributed by atoms with Crippen LogP contribution in [0.15, 0.2) is 36.5 Å². The third-order valence-corrected chi connectivity index (χ3v) is 2.96. The lowest BCUT2D eigenvalue weighted by Crippen LogP contribution is -2.50. The monoisotopic (exact) mass is 244 g/mol. The minimum atomic E-state index is -0.435. The smallest absolute Gasteiger partial charge is 0.247 e. The quantitative estimate of drug-likeness (QED) is 0.821. The summed E-state index contributed by atoms with van der Waals surface area (Å²) in [5.74, 6) is -0.0674. The second-order valence-corrected chi connectivity index (χ2v) is 4.64. The molecule has 0 aliphatic carbocycles. The maximum Gasteiger partial charge on any atom is 0.247 e. The van der Waals surface area contributed by atoms with Crippen LogP contribution in [0.4, 0.5) is 0 Å². The van der Waals surface area contributed by atoms with Crippen molar-refractivity contribution in [2.24, 2.45) is 5.92 Å². The summed E-state index contributed by atoms with van der Waals surface area (Å²) in [6, 6.07) is 9.04. The average molecular weight is 244 g/mol. The molecule has 0 saturated carbocycles. The van der Waals surface area contributed by atoms with Crippen LogP contribution in [-0.2, 0) is 9.59 Å². The summed E-state index contributed by atoms with van der Waals surface area (Å²) in [6.07, 6.45) is 2.39. The summed E-state index contributed by atoms with van der Waals surface area (Å²) < 4.78 is 0. The highest BCUT2D eigenvalue weighted by Gasteiger charge is 2.31. The van der Waals surface area contributed by atoms with Crippen molar-refractivity contribution in [1.29, 1.82) is 0 Å². The van der Waals surface area contributed by atoms with Gasteiger partial charge < -0.3 is 10.2 Å². The first-order valence-corrected chi connectivity index (χ1v) is 5.94. The van der Waals surface area contributed by atoms with E-state index in [0.29, 0.717) is 12.1 Å². The fourth-order valence-corrected chi connectivity index (χ4v) is 2.11. The first kappa shape index (κ1) is 12.4. The summed E-state index contributed by atoms with van der Waals surface area (Å²) >= 11 is 0. The molecule has 1 N–H and O–H groups in total. The van der Waals surface area contributed by atoms with E-state index in [2.05, 4.69) is 5.32 Å². The Labute approximate surface area is 106 Å². The molecular weight excluding hydrogens is 228 g/mol. The lowest BCUT2D eigenvalue weighted by atomic mass is 9.99. The maximum atomic E-state index is 12.0. The van der Waals surface area contributed by atoms with Crippen LogP contribution in [0.1, 0.15) is 19.4 Å². The van der Waals surface area contributed by atoms with Gasteiger partial charge in [-0.05, 0) is 11.5 Å². The van der Waals surface area contributed by atoms with Gasteiger partial charge in [-0.25, -0.2) is 0 Å². The van der Waals surface area contributed by atoms with Crippen LogP contribution >= 0.6 is 0 Å². The zero-order valence-corrected chi connectivity index (χ0v) is 10.5. The first-order chi connectivity index (χ1) is 8.63. The van der Waals surface area contributed by atoms with Gasteiger partial charge in [0.25, 0.3) is 0 Å². The number of carbonyl (C=O) groups excluding carboxylic acids is 2. The van der Waals surface area contributed by atoms with Crippen LogP contribution in [-0.4, -0.2) is 23.3 Å². The van der Waals surface area contributed by atoms with Crippen molar-refractivity contribution in [2.45, 2.75) is 19.9 Å². The van der Waals surface area contributed by atoms with Crippen LogP contribution < -0.4 is 5.32 Å². The number of nitrogens with zero attached hydrogens (tertiary/aromatic N) is 1. The van der Waals surface area contributed by atoms with Crippen molar-refractivity contribution >= 4 is 18.0 Å². The van der Waals surface area contributed by atoms with Gasteiger partial charge in [0, 0.05) is 6.20 Å². The van der Waals surface area contributed by atoms with Crippen molar-refractivity contribution in [3.05, 3.63) is 42.1 Å². The molecule has 94 valence electrons. The van der Waals surface area contributed by atoms with E-state index in [1.165, 1.54) is 4.90 Å². The van der Waals surface area contributed by atoms with Gasteiger partial charge >= 0.3 is 0 Å². The van der Waals surface area contributed by atoms with E-state index in [4.69, 9.17) is 0 Å². The van der Waals surface area contributed by atoms with E-state index in [-0.39, 0.29) is 11.8 Å². The van der Waals surface area contributed by atoms with Crippen molar-refractivity contribution in [3.63, 3.8) is 0 Å². The molecule has 1 aromatic carbocycles. The fraction of sp³-hybridized carbons (Fsp3) is 0.286. The fourth-order valence-electron chi connectivity index (χ4n) is 2.11. The Morgan fingerprint density at radius 1 is 1.28 bits per heavy atom. The van der Waals surface area contributed by atoms with E-state index in [1.807, 2.05) is 44.2 Å². The number of hydrogen-bond acceptors (Lipinski definition) is 2. The molecule has 0 saturated heterocycles. The minimum Gasteiger partial charge on any atom is -0.322 e. The van der Waals surface area contributed by atoms with E-state index in [1.54, 1.807) is 6.20 Å². The molecule has 1 aliphatic heterocycles. The van der Waals surface area contributed by atoms with Crippen molar-refractivity contribution < 1.29 is 9.59 Å².